The molecule has 1 aromatic carbocycles. The second-order valence-corrected chi connectivity index (χ2v) is 6.42. The van der Waals surface area contributed by atoms with Crippen molar-refractivity contribution in [2.24, 2.45) is 0 Å². The summed E-state index contributed by atoms with van der Waals surface area (Å²) in [4.78, 5) is 27.1. The third-order valence-corrected chi connectivity index (χ3v) is 4.61. The van der Waals surface area contributed by atoms with Crippen molar-refractivity contribution in [3.8, 4) is 0 Å². The van der Waals surface area contributed by atoms with Gasteiger partial charge in [0.05, 0.1) is 13.2 Å². The van der Waals surface area contributed by atoms with E-state index >= 15 is 0 Å². The van der Waals surface area contributed by atoms with Gasteiger partial charge in [-0.15, -0.1) is 0 Å². The lowest BCUT2D eigenvalue weighted by molar-refractivity contribution is -0.121. The van der Waals surface area contributed by atoms with Crippen LogP contribution in [0.3, 0.4) is 0 Å². The van der Waals surface area contributed by atoms with E-state index in [1.54, 1.807) is 10.6 Å². The molecule has 0 bridgehead atoms. The van der Waals surface area contributed by atoms with Gasteiger partial charge in [0, 0.05) is 30.7 Å². The molecule has 2 aromatic rings. The van der Waals surface area contributed by atoms with E-state index in [4.69, 9.17) is 4.74 Å². The molecule has 1 aromatic heterocycles. The zero-order chi connectivity index (χ0) is 17.6. The number of aromatic nitrogens is 1. The first-order valence-electron chi connectivity index (χ1n) is 8.81. The summed E-state index contributed by atoms with van der Waals surface area (Å²) in [5.41, 5.74) is 0.686. The predicted octanol–water partition coefficient (Wildman–Crippen LogP) is 1.15. The van der Waals surface area contributed by atoms with Crippen molar-refractivity contribution in [2.45, 2.75) is 19.9 Å². The Morgan fingerprint density at radius 1 is 1.24 bits per heavy atom. The van der Waals surface area contributed by atoms with Gasteiger partial charge in [0.25, 0.3) is 5.56 Å². The summed E-state index contributed by atoms with van der Waals surface area (Å²) in [7, 11) is 0. The van der Waals surface area contributed by atoms with Crippen molar-refractivity contribution in [3.05, 3.63) is 46.4 Å². The first-order chi connectivity index (χ1) is 12.1. The second-order valence-electron chi connectivity index (χ2n) is 6.42. The van der Waals surface area contributed by atoms with Gasteiger partial charge in [0.15, 0.2) is 0 Å². The molecule has 0 aliphatic carbocycles. The van der Waals surface area contributed by atoms with Crippen LogP contribution >= 0.6 is 0 Å². The fourth-order valence-corrected chi connectivity index (χ4v) is 3.18. The summed E-state index contributed by atoms with van der Waals surface area (Å²) in [6, 6.07) is 9.41. The van der Waals surface area contributed by atoms with E-state index in [1.165, 1.54) is 0 Å². The summed E-state index contributed by atoms with van der Waals surface area (Å²) in [5.74, 6) is -0.123. The number of morpholine rings is 1. The van der Waals surface area contributed by atoms with Gasteiger partial charge in [-0.1, -0.05) is 18.2 Å². The smallest absolute Gasteiger partial charge is 0.259 e. The van der Waals surface area contributed by atoms with Crippen molar-refractivity contribution in [1.82, 2.24) is 14.8 Å². The number of ether oxygens (including phenoxy) is 1. The Morgan fingerprint density at radius 2 is 2.00 bits per heavy atom. The maximum Gasteiger partial charge on any atom is 0.259 e. The quantitative estimate of drug-likeness (QED) is 0.799. The number of rotatable bonds is 6. The number of carbonyl (C=O) groups is 1. The zero-order valence-corrected chi connectivity index (χ0v) is 14.7. The van der Waals surface area contributed by atoms with Crippen molar-refractivity contribution >= 4 is 16.7 Å². The Bertz CT molecular complexity index is 794. The minimum Gasteiger partial charge on any atom is -0.379 e. The van der Waals surface area contributed by atoms with E-state index in [1.807, 2.05) is 31.2 Å². The standard InChI is InChI=1S/C19H25N3O3/c1-15-13-16-5-2-3-6-17(16)19(24)22(15)14-18(23)20-7-4-8-21-9-11-25-12-10-21/h2-3,5-6,13H,4,7-12,14H2,1H3,(H,20,23). The number of carbonyl (C=O) groups excluding carboxylic acids is 1. The summed E-state index contributed by atoms with van der Waals surface area (Å²) in [6.45, 7) is 7.00. The van der Waals surface area contributed by atoms with Crippen LogP contribution < -0.4 is 10.9 Å². The number of nitrogens with one attached hydrogen (secondary N) is 1. The maximum absolute atomic E-state index is 12.6. The molecular formula is C19H25N3O3. The molecule has 0 saturated carbocycles. The van der Waals surface area contributed by atoms with Gasteiger partial charge in [-0.25, -0.2) is 0 Å². The fourth-order valence-electron chi connectivity index (χ4n) is 3.18. The van der Waals surface area contributed by atoms with Crippen LogP contribution in [0.25, 0.3) is 10.8 Å². The molecule has 0 radical (unpaired) electrons. The first kappa shape index (κ1) is 17.6. The summed E-state index contributed by atoms with van der Waals surface area (Å²) in [5, 5.41) is 4.47. The molecule has 0 unspecified atom stereocenters. The van der Waals surface area contributed by atoms with Crippen LogP contribution in [-0.2, 0) is 16.1 Å². The topological polar surface area (TPSA) is 63.6 Å². The summed E-state index contributed by atoms with van der Waals surface area (Å²) in [6.07, 6.45) is 0.900. The molecule has 0 atom stereocenters. The SMILES string of the molecule is Cc1cc2ccccc2c(=O)n1CC(=O)NCCCN1CCOCC1. The molecule has 0 spiro atoms. The minimum atomic E-state index is -0.123. The van der Waals surface area contributed by atoms with E-state index in [0.717, 1.165) is 50.3 Å². The number of fused-ring (bicyclic) bond motifs is 1. The monoisotopic (exact) mass is 343 g/mol. The number of hydrogen-bond acceptors (Lipinski definition) is 4. The van der Waals surface area contributed by atoms with Gasteiger partial charge in [-0.05, 0) is 37.4 Å². The lowest BCUT2D eigenvalue weighted by atomic mass is 10.1. The molecule has 1 aliphatic rings. The van der Waals surface area contributed by atoms with E-state index in [9.17, 15) is 9.59 Å². The van der Waals surface area contributed by atoms with Gasteiger partial charge in [0.2, 0.25) is 5.91 Å². The van der Waals surface area contributed by atoms with Crippen LogP contribution in [0, 0.1) is 6.92 Å². The highest BCUT2D eigenvalue weighted by Crippen LogP contribution is 2.11. The van der Waals surface area contributed by atoms with Gasteiger partial charge in [0.1, 0.15) is 6.54 Å². The van der Waals surface area contributed by atoms with E-state index in [-0.39, 0.29) is 18.0 Å². The predicted molar refractivity (Wildman–Crippen MR) is 97.8 cm³/mol. The fraction of sp³-hybridized carbons (Fsp3) is 0.474. The molecule has 6 heteroatoms. The first-order valence-corrected chi connectivity index (χ1v) is 8.81. The Labute approximate surface area is 147 Å². The maximum atomic E-state index is 12.6. The van der Waals surface area contributed by atoms with E-state index in [0.29, 0.717) is 11.9 Å². The highest BCUT2D eigenvalue weighted by atomic mass is 16.5. The van der Waals surface area contributed by atoms with Crippen molar-refractivity contribution in [2.75, 3.05) is 39.4 Å². The third kappa shape index (κ3) is 4.46. The van der Waals surface area contributed by atoms with Gasteiger partial charge in [-0.2, -0.15) is 0 Å². The average molecular weight is 343 g/mol. The molecule has 1 saturated heterocycles. The number of amides is 1. The zero-order valence-electron chi connectivity index (χ0n) is 14.7. The molecule has 6 nitrogen and oxygen atoms in total. The van der Waals surface area contributed by atoms with Gasteiger partial charge < -0.3 is 14.6 Å². The van der Waals surface area contributed by atoms with Crippen LogP contribution in [-0.4, -0.2) is 54.8 Å². The van der Waals surface area contributed by atoms with Crippen LogP contribution in [0.1, 0.15) is 12.1 Å². The Hall–Kier alpha value is -2.18. The number of pyridine rings is 1. The molecule has 1 aliphatic heterocycles. The minimum absolute atomic E-state index is 0.0626. The number of nitrogens with zero attached hydrogens (tertiary/aromatic N) is 2. The number of benzene rings is 1. The van der Waals surface area contributed by atoms with Gasteiger partial charge >= 0.3 is 0 Å². The van der Waals surface area contributed by atoms with Gasteiger partial charge in [-0.3, -0.25) is 14.5 Å². The summed E-state index contributed by atoms with van der Waals surface area (Å²) < 4.78 is 6.86. The number of aryl methyl sites for hydroxylation is 1. The highest BCUT2D eigenvalue weighted by Gasteiger charge is 2.11. The molecule has 1 amide bonds. The summed E-state index contributed by atoms with van der Waals surface area (Å²) >= 11 is 0. The Morgan fingerprint density at radius 3 is 2.80 bits per heavy atom. The van der Waals surface area contributed by atoms with Crippen LogP contribution in [0.15, 0.2) is 35.1 Å². The van der Waals surface area contributed by atoms with Crippen LogP contribution in [0.2, 0.25) is 0 Å². The third-order valence-electron chi connectivity index (χ3n) is 4.61. The lowest BCUT2D eigenvalue weighted by Crippen LogP contribution is -2.39. The Balaban J connectivity index is 1.54. The van der Waals surface area contributed by atoms with Crippen LogP contribution in [0.5, 0.6) is 0 Å². The Kier molecular flexibility index (Phi) is 5.83. The molecule has 1 fully saturated rings. The molecule has 25 heavy (non-hydrogen) atoms. The lowest BCUT2D eigenvalue weighted by Gasteiger charge is -2.26. The largest absolute Gasteiger partial charge is 0.379 e. The molecule has 1 N–H and O–H groups in total. The molecular weight excluding hydrogens is 318 g/mol. The van der Waals surface area contributed by atoms with Crippen LogP contribution in [0.4, 0.5) is 0 Å². The highest BCUT2D eigenvalue weighted by molar-refractivity contribution is 5.82. The molecule has 2 heterocycles. The average Bonchev–Trinajstić information content (AvgIpc) is 2.63. The van der Waals surface area contributed by atoms with E-state index in [2.05, 4.69) is 10.2 Å². The van der Waals surface area contributed by atoms with Crippen molar-refractivity contribution in [1.29, 1.82) is 0 Å². The second kappa shape index (κ2) is 8.27. The van der Waals surface area contributed by atoms with Crippen molar-refractivity contribution < 1.29 is 9.53 Å². The normalized spacial score (nSPS) is 15.4. The number of hydrogen-bond donors (Lipinski definition) is 1. The van der Waals surface area contributed by atoms with E-state index < -0.39 is 0 Å². The molecule has 3 rings (SSSR count). The molecule has 134 valence electrons. The van der Waals surface area contributed by atoms with Crippen molar-refractivity contribution in [3.63, 3.8) is 0 Å².